The number of fused-ring (bicyclic) bond motifs is 1. The van der Waals surface area contributed by atoms with Gasteiger partial charge in [0, 0.05) is 10.9 Å². The molecule has 0 unspecified atom stereocenters. The largest absolute Gasteiger partial charge is 0.497 e. The fourth-order valence-corrected chi connectivity index (χ4v) is 3.44. The van der Waals surface area contributed by atoms with Gasteiger partial charge in [0.25, 0.3) is 0 Å². The zero-order valence-electron chi connectivity index (χ0n) is 16.0. The maximum Gasteiger partial charge on any atom is 0.336 e. The van der Waals surface area contributed by atoms with Crippen molar-refractivity contribution in [2.75, 3.05) is 7.11 Å². The number of hydrogen-bond donors (Lipinski definition) is 1. The molecule has 0 aliphatic carbocycles. The molecular weight excluding hydrogens is 364 g/mol. The highest BCUT2D eigenvalue weighted by molar-refractivity contribution is 6.10. The summed E-state index contributed by atoms with van der Waals surface area (Å²) in [5.41, 5.74) is 2.72. The first kappa shape index (κ1) is 18.6. The minimum absolute atomic E-state index is 0.205. The maximum atomic E-state index is 12.1. The molecule has 0 bridgehead atoms. The van der Waals surface area contributed by atoms with Gasteiger partial charge in [-0.2, -0.15) is 0 Å². The van der Waals surface area contributed by atoms with Gasteiger partial charge in [0.05, 0.1) is 12.7 Å². The number of ether oxygens (including phenoxy) is 2. The molecule has 0 spiro atoms. The van der Waals surface area contributed by atoms with Crippen LogP contribution in [0.2, 0.25) is 0 Å². The third-order valence-corrected chi connectivity index (χ3v) is 4.84. The van der Waals surface area contributed by atoms with Gasteiger partial charge < -0.3 is 14.6 Å². The first-order chi connectivity index (χ1) is 14.2. The Kier molecular flexibility index (Phi) is 5.16. The summed E-state index contributed by atoms with van der Waals surface area (Å²) in [6, 6.07) is 26.5. The van der Waals surface area contributed by atoms with Crippen LogP contribution in [0.4, 0.5) is 0 Å². The Bertz CT molecular complexity index is 1150. The minimum atomic E-state index is -0.994. The van der Waals surface area contributed by atoms with Crippen molar-refractivity contribution in [2.45, 2.75) is 6.61 Å². The summed E-state index contributed by atoms with van der Waals surface area (Å²) in [4.78, 5) is 12.1. The van der Waals surface area contributed by atoms with Gasteiger partial charge in [-0.15, -0.1) is 0 Å². The lowest BCUT2D eigenvalue weighted by atomic mass is 9.92. The van der Waals surface area contributed by atoms with Gasteiger partial charge in [-0.25, -0.2) is 4.79 Å². The normalized spacial score (nSPS) is 10.7. The third-order valence-electron chi connectivity index (χ3n) is 4.84. The van der Waals surface area contributed by atoms with Gasteiger partial charge in [0.15, 0.2) is 0 Å². The van der Waals surface area contributed by atoms with E-state index in [1.54, 1.807) is 13.2 Å². The molecule has 0 radical (unpaired) electrons. The first-order valence-corrected chi connectivity index (χ1v) is 9.27. The van der Waals surface area contributed by atoms with Gasteiger partial charge in [-0.1, -0.05) is 60.7 Å². The zero-order chi connectivity index (χ0) is 20.2. The van der Waals surface area contributed by atoms with Crippen molar-refractivity contribution >= 4 is 16.7 Å². The number of hydrogen-bond acceptors (Lipinski definition) is 3. The topological polar surface area (TPSA) is 55.8 Å². The lowest BCUT2D eigenvalue weighted by Gasteiger charge is -2.17. The maximum absolute atomic E-state index is 12.1. The lowest BCUT2D eigenvalue weighted by molar-refractivity contribution is 0.0697. The summed E-state index contributed by atoms with van der Waals surface area (Å²) >= 11 is 0. The predicted molar refractivity (Wildman–Crippen MR) is 114 cm³/mol. The van der Waals surface area contributed by atoms with Crippen molar-refractivity contribution in [2.24, 2.45) is 0 Å². The molecule has 0 heterocycles. The molecule has 0 aliphatic rings. The first-order valence-electron chi connectivity index (χ1n) is 9.27. The molecule has 0 atom stereocenters. The highest BCUT2D eigenvalue weighted by atomic mass is 16.5. The van der Waals surface area contributed by atoms with E-state index in [2.05, 4.69) is 0 Å². The van der Waals surface area contributed by atoms with Crippen LogP contribution in [0.1, 0.15) is 15.9 Å². The van der Waals surface area contributed by atoms with E-state index >= 15 is 0 Å². The third kappa shape index (κ3) is 3.78. The van der Waals surface area contributed by atoms with E-state index in [1.165, 1.54) is 0 Å². The zero-order valence-corrected chi connectivity index (χ0v) is 16.0. The molecule has 0 saturated heterocycles. The summed E-state index contributed by atoms with van der Waals surface area (Å²) in [7, 11) is 1.61. The van der Waals surface area contributed by atoms with Crippen molar-refractivity contribution in [3.63, 3.8) is 0 Å². The molecule has 1 N–H and O–H groups in total. The van der Waals surface area contributed by atoms with Crippen LogP contribution in [0.5, 0.6) is 11.5 Å². The number of rotatable bonds is 6. The van der Waals surface area contributed by atoms with E-state index in [-0.39, 0.29) is 5.56 Å². The number of methoxy groups -OCH3 is 1. The fraction of sp³-hybridized carbons (Fsp3) is 0.0800. The number of aromatic carboxylic acids is 1. The molecule has 0 aliphatic heterocycles. The Morgan fingerprint density at radius 3 is 2.21 bits per heavy atom. The van der Waals surface area contributed by atoms with Crippen LogP contribution in [0.25, 0.3) is 21.9 Å². The van der Waals surface area contributed by atoms with Crippen LogP contribution in [0.15, 0.2) is 84.9 Å². The Morgan fingerprint density at radius 1 is 0.862 bits per heavy atom. The number of carboxylic acids is 1. The van der Waals surface area contributed by atoms with Crippen LogP contribution < -0.4 is 9.47 Å². The molecule has 4 aromatic rings. The lowest BCUT2D eigenvalue weighted by Crippen LogP contribution is -2.04. The standard InChI is InChI=1S/C25H20O4/c1-28-19-12-13-20-21(14-19)23(29-16-17-8-4-2-5-9-17)15-22(25(26)27)24(20)18-10-6-3-7-11-18/h2-15H,16H2,1H3,(H,26,27). The van der Waals surface area contributed by atoms with Gasteiger partial charge in [0.2, 0.25) is 0 Å². The molecule has 0 fully saturated rings. The summed E-state index contributed by atoms with van der Waals surface area (Å²) in [5.74, 6) is 0.204. The van der Waals surface area contributed by atoms with Crippen LogP contribution in [0.3, 0.4) is 0 Å². The second-order valence-corrected chi connectivity index (χ2v) is 6.65. The van der Waals surface area contributed by atoms with Gasteiger partial charge in [-0.3, -0.25) is 0 Å². The summed E-state index contributed by atoms with van der Waals surface area (Å²) in [5, 5.41) is 11.5. The highest BCUT2D eigenvalue weighted by Crippen LogP contribution is 2.39. The molecule has 4 rings (SSSR count). The Morgan fingerprint density at radius 2 is 1.55 bits per heavy atom. The van der Waals surface area contributed by atoms with Gasteiger partial charge in [-0.05, 0) is 40.8 Å². The van der Waals surface area contributed by atoms with Crippen LogP contribution in [0, 0.1) is 0 Å². The molecule has 29 heavy (non-hydrogen) atoms. The highest BCUT2D eigenvalue weighted by Gasteiger charge is 2.19. The quantitative estimate of drug-likeness (QED) is 0.457. The van der Waals surface area contributed by atoms with E-state index in [9.17, 15) is 9.90 Å². The monoisotopic (exact) mass is 384 g/mol. The number of benzene rings is 4. The number of carbonyl (C=O) groups is 1. The van der Waals surface area contributed by atoms with Crippen LogP contribution >= 0.6 is 0 Å². The summed E-state index contributed by atoms with van der Waals surface area (Å²) in [6.07, 6.45) is 0. The molecule has 0 amide bonds. The van der Waals surface area contributed by atoms with E-state index < -0.39 is 5.97 Å². The molecule has 144 valence electrons. The van der Waals surface area contributed by atoms with Crippen molar-refractivity contribution < 1.29 is 19.4 Å². The van der Waals surface area contributed by atoms with E-state index in [1.807, 2.05) is 78.9 Å². The molecular formula is C25H20O4. The van der Waals surface area contributed by atoms with Crippen LogP contribution in [-0.2, 0) is 6.61 Å². The van der Waals surface area contributed by atoms with E-state index in [0.29, 0.717) is 23.7 Å². The van der Waals surface area contributed by atoms with E-state index in [0.717, 1.165) is 21.9 Å². The Hall–Kier alpha value is -3.79. The van der Waals surface area contributed by atoms with Crippen molar-refractivity contribution in [3.05, 3.63) is 96.1 Å². The van der Waals surface area contributed by atoms with E-state index in [4.69, 9.17) is 9.47 Å². The van der Waals surface area contributed by atoms with Crippen molar-refractivity contribution in [1.29, 1.82) is 0 Å². The predicted octanol–water partition coefficient (Wildman–Crippen LogP) is 5.79. The minimum Gasteiger partial charge on any atom is -0.497 e. The van der Waals surface area contributed by atoms with Crippen molar-refractivity contribution in [1.82, 2.24) is 0 Å². The summed E-state index contributed by atoms with van der Waals surface area (Å²) in [6.45, 7) is 0.344. The fourth-order valence-electron chi connectivity index (χ4n) is 3.44. The molecule has 0 aromatic heterocycles. The van der Waals surface area contributed by atoms with Gasteiger partial charge in [0.1, 0.15) is 18.1 Å². The smallest absolute Gasteiger partial charge is 0.336 e. The van der Waals surface area contributed by atoms with Crippen LogP contribution in [-0.4, -0.2) is 18.2 Å². The SMILES string of the molecule is COc1ccc2c(-c3ccccc3)c(C(=O)O)cc(OCc3ccccc3)c2c1. The molecule has 0 saturated carbocycles. The Labute approximate surface area is 169 Å². The number of carboxylic acid groups (broad SMARTS) is 1. The van der Waals surface area contributed by atoms with Gasteiger partial charge >= 0.3 is 5.97 Å². The molecule has 4 aromatic carbocycles. The second kappa shape index (κ2) is 8.07. The van der Waals surface area contributed by atoms with Crippen molar-refractivity contribution in [3.8, 4) is 22.6 Å². The average molecular weight is 384 g/mol. The molecule has 4 nitrogen and oxygen atoms in total. The molecule has 4 heteroatoms. The summed E-state index contributed by atoms with van der Waals surface area (Å²) < 4.78 is 11.5. The Balaban J connectivity index is 1.92. The average Bonchev–Trinajstić information content (AvgIpc) is 2.77. The second-order valence-electron chi connectivity index (χ2n) is 6.65.